The second kappa shape index (κ2) is 8.04. The second-order valence-corrected chi connectivity index (χ2v) is 6.40. The van der Waals surface area contributed by atoms with Gasteiger partial charge in [0.2, 0.25) is 0 Å². The summed E-state index contributed by atoms with van der Waals surface area (Å²) in [5.74, 6) is -0.692. The number of ether oxygens (including phenoxy) is 2. The van der Waals surface area contributed by atoms with E-state index in [1.807, 2.05) is 13.8 Å². The summed E-state index contributed by atoms with van der Waals surface area (Å²) in [5, 5.41) is 12.5. The fourth-order valence-corrected chi connectivity index (χ4v) is 2.95. The SMILES string of the molecule is COC(=O)c1ccc(OC(C)C)c(NC2CCC(C(=O)O)CC2)c1. The lowest BCUT2D eigenvalue weighted by molar-refractivity contribution is -0.142. The molecule has 1 saturated carbocycles. The first-order valence-corrected chi connectivity index (χ1v) is 8.29. The highest BCUT2D eigenvalue weighted by Gasteiger charge is 2.26. The van der Waals surface area contributed by atoms with Crippen molar-refractivity contribution in [3.8, 4) is 5.75 Å². The number of hydrogen-bond acceptors (Lipinski definition) is 5. The smallest absolute Gasteiger partial charge is 0.337 e. The maximum Gasteiger partial charge on any atom is 0.337 e. The fourth-order valence-electron chi connectivity index (χ4n) is 2.95. The first-order chi connectivity index (χ1) is 11.4. The molecule has 0 spiro atoms. The molecule has 0 unspecified atom stereocenters. The summed E-state index contributed by atoms with van der Waals surface area (Å²) in [6.45, 7) is 3.88. The summed E-state index contributed by atoms with van der Waals surface area (Å²) in [7, 11) is 1.35. The van der Waals surface area contributed by atoms with Gasteiger partial charge in [-0.3, -0.25) is 4.79 Å². The molecule has 0 radical (unpaired) electrons. The molecule has 6 heteroatoms. The second-order valence-electron chi connectivity index (χ2n) is 6.40. The molecule has 1 fully saturated rings. The quantitative estimate of drug-likeness (QED) is 0.776. The van der Waals surface area contributed by atoms with E-state index < -0.39 is 11.9 Å². The van der Waals surface area contributed by atoms with Crippen LogP contribution in [0.15, 0.2) is 18.2 Å². The number of hydrogen-bond donors (Lipinski definition) is 2. The number of rotatable bonds is 6. The molecule has 6 nitrogen and oxygen atoms in total. The van der Waals surface area contributed by atoms with Gasteiger partial charge in [-0.2, -0.15) is 0 Å². The van der Waals surface area contributed by atoms with Crippen molar-refractivity contribution in [3.63, 3.8) is 0 Å². The van der Waals surface area contributed by atoms with Crippen LogP contribution in [-0.4, -0.2) is 36.3 Å². The molecule has 1 aromatic carbocycles. The Balaban J connectivity index is 2.14. The van der Waals surface area contributed by atoms with Crippen molar-refractivity contribution in [3.05, 3.63) is 23.8 Å². The number of anilines is 1. The van der Waals surface area contributed by atoms with Crippen molar-refractivity contribution in [2.45, 2.75) is 51.7 Å². The predicted octanol–water partition coefficient (Wildman–Crippen LogP) is 3.32. The maximum atomic E-state index is 11.8. The largest absolute Gasteiger partial charge is 0.489 e. The van der Waals surface area contributed by atoms with Crippen LogP contribution in [0.3, 0.4) is 0 Å². The van der Waals surface area contributed by atoms with Gasteiger partial charge in [-0.25, -0.2) is 4.79 Å². The third kappa shape index (κ3) is 4.63. The normalized spacial score (nSPS) is 20.5. The Morgan fingerprint density at radius 3 is 2.42 bits per heavy atom. The summed E-state index contributed by atoms with van der Waals surface area (Å²) < 4.78 is 10.6. The number of carbonyl (C=O) groups excluding carboxylic acids is 1. The van der Waals surface area contributed by atoms with Crippen LogP contribution < -0.4 is 10.1 Å². The molecule has 1 aromatic rings. The zero-order valence-electron chi connectivity index (χ0n) is 14.4. The molecule has 0 saturated heterocycles. The van der Waals surface area contributed by atoms with Gasteiger partial charge in [0.05, 0.1) is 30.4 Å². The summed E-state index contributed by atoms with van der Waals surface area (Å²) in [6, 6.07) is 5.34. The van der Waals surface area contributed by atoms with Gasteiger partial charge in [0.25, 0.3) is 0 Å². The number of carbonyl (C=O) groups is 2. The number of methoxy groups -OCH3 is 1. The lowest BCUT2D eigenvalue weighted by atomic mass is 9.86. The Morgan fingerprint density at radius 1 is 1.21 bits per heavy atom. The highest BCUT2D eigenvalue weighted by atomic mass is 16.5. The zero-order valence-corrected chi connectivity index (χ0v) is 14.4. The van der Waals surface area contributed by atoms with E-state index >= 15 is 0 Å². The van der Waals surface area contributed by atoms with E-state index in [9.17, 15) is 9.59 Å². The van der Waals surface area contributed by atoms with Gasteiger partial charge in [-0.1, -0.05) is 0 Å². The van der Waals surface area contributed by atoms with Crippen molar-refractivity contribution in [2.24, 2.45) is 5.92 Å². The molecule has 0 bridgehead atoms. The fraction of sp³-hybridized carbons (Fsp3) is 0.556. The van der Waals surface area contributed by atoms with Gasteiger partial charge in [0.15, 0.2) is 0 Å². The monoisotopic (exact) mass is 335 g/mol. The minimum atomic E-state index is -0.718. The van der Waals surface area contributed by atoms with Crippen LogP contribution in [0.25, 0.3) is 0 Å². The highest BCUT2D eigenvalue weighted by molar-refractivity contribution is 5.91. The van der Waals surface area contributed by atoms with Crippen molar-refractivity contribution in [1.29, 1.82) is 0 Å². The third-order valence-corrected chi connectivity index (χ3v) is 4.20. The summed E-state index contributed by atoms with van der Waals surface area (Å²) in [4.78, 5) is 22.8. The first kappa shape index (κ1) is 18.1. The van der Waals surface area contributed by atoms with Gasteiger partial charge in [0.1, 0.15) is 5.75 Å². The van der Waals surface area contributed by atoms with E-state index in [0.29, 0.717) is 24.2 Å². The van der Waals surface area contributed by atoms with Crippen LogP contribution in [0, 0.1) is 5.92 Å². The highest BCUT2D eigenvalue weighted by Crippen LogP contribution is 2.32. The molecule has 0 amide bonds. The molecular formula is C18H25NO5. The number of carboxylic acid groups (broad SMARTS) is 1. The van der Waals surface area contributed by atoms with Crippen molar-refractivity contribution < 1.29 is 24.2 Å². The van der Waals surface area contributed by atoms with E-state index in [1.54, 1.807) is 18.2 Å². The number of aliphatic carboxylic acids is 1. The van der Waals surface area contributed by atoms with Crippen LogP contribution in [0.1, 0.15) is 49.9 Å². The Morgan fingerprint density at radius 2 is 1.88 bits per heavy atom. The topological polar surface area (TPSA) is 84.9 Å². The summed E-state index contributed by atoms with van der Waals surface area (Å²) in [6.07, 6.45) is 2.88. The number of carboxylic acids is 1. The van der Waals surface area contributed by atoms with E-state index in [0.717, 1.165) is 18.5 Å². The van der Waals surface area contributed by atoms with Crippen LogP contribution in [0.5, 0.6) is 5.75 Å². The van der Waals surface area contributed by atoms with Crippen molar-refractivity contribution >= 4 is 17.6 Å². The Labute approximate surface area is 142 Å². The molecule has 132 valence electrons. The Hall–Kier alpha value is -2.24. The average molecular weight is 335 g/mol. The van der Waals surface area contributed by atoms with Crippen molar-refractivity contribution in [1.82, 2.24) is 0 Å². The zero-order chi connectivity index (χ0) is 17.7. The molecule has 0 atom stereocenters. The van der Waals surface area contributed by atoms with Crippen LogP contribution in [0.4, 0.5) is 5.69 Å². The minimum Gasteiger partial charge on any atom is -0.489 e. The third-order valence-electron chi connectivity index (χ3n) is 4.20. The number of esters is 1. The molecular weight excluding hydrogens is 310 g/mol. The van der Waals surface area contributed by atoms with E-state index in [2.05, 4.69) is 5.32 Å². The van der Waals surface area contributed by atoms with E-state index in [4.69, 9.17) is 14.6 Å². The Bertz CT molecular complexity index is 591. The van der Waals surface area contributed by atoms with Gasteiger partial charge in [-0.05, 0) is 57.7 Å². The molecule has 24 heavy (non-hydrogen) atoms. The average Bonchev–Trinajstić information content (AvgIpc) is 2.55. The van der Waals surface area contributed by atoms with Gasteiger partial charge in [-0.15, -0.1) is 0 Å². The minimum absolute atomic E-state index is 0.0114. The van der Waals surface area contributed by atoms with Gasteiger partial charge >= 0.3 is 11.9 Å². The maximum absolute atomic E-state index is 11.8. The summed E-state index contributed by atoms with van der Waals surface area (Å²) in [5.41, 5.74) is 1.20. The standard InChI is InChI=1S/C18H25NO5/c1-11(2)24-16-9-6-13(18(22)23-3)10-15(16)19-14-7-4-12(5-8-14)17(20)21/h6,9-12,14,19H,4-5,7-8H2,1-3H3,(H,20,21). The van der Waals surface area contributed by atoms with Crippen LogP contribution >= 0.6 is 0 Å². The molecule has 0 heterocycles. The molecule has 0 aliphatic heterocycles. The van der Waals surface area contributed by atoms with Crippen LogP contribution in [0.2, 0.25) is 0 Å². The lowest BCUT2D eigenvalue weighted by Crippen LogP contribution is -2.29. The van der Waals surface area contributed by atoms with E-state index in [1.165, 1.54) is 7.11 Å². The van der Waals surface area contributed by atoms with Crippen LogP contribution in [-0.2, 0) is 9.53 Å². The summed E-state index contributed by atoms with van der Waals surface area (Å²) >= 11 is 0. The molecule has 0 aromatic heterocycles. The molecule has 2 N–H and O–H groups in total. The molecule has 1 aliphatic rings. The number of nitrogens with one attached hydrogen (secondary N) is 1. The molecule has 1 aliphatic carbocycles. The van der Waals surface area contributed by atoms with Gasteiger partial charge < -0.3 is 19.9 Å². The molecule has 2 rings (SSSR count). The predicted molar refractivity (Wildman–Crippen MR) is 90.6 cm³/mol. The first-order valence-electron chi connectivity index (χ1n) is 8.29. The lowest BCUT2D eigenvalue weighted by Gasteiger charge is -2.28. The number of benzene rings is 1. The Kier molecular flexibility index (Phi) is 6.06. The van der Waals surface area contributed by atoms with Gasteiger partial charge in [0, 0.05) is 6.04 Å². The van der Waals surface area contributed by atoms with E-state index in [-0.39, 0.29) is 18.1 Å². The van der Waals surface area contributed by atoms with Crippen molar-refractivity contribution in [2.75, 3.05) is 12.4 Å².